The summed E-state index contributed by atoms with van der Waals surface area (Å²) in [5, 5.41) is -0.515. The average molecular weight is 414 g/mol. The number of nitrogens with zero attached hydrogens (tertiary/aromatic N) is 3. The maximum atomic E-state index is 12.1. The molecule has 3 rings (SSSR count). The first-order valence-electron chi connectivity index (χ1n) is 9.77. The number of hydrogen-bond acceptors (Lipinski definition) is 6. The van der Waals surface area contributed by atoms with Crippen LogP contribution < -0.4 is 9.64 Å². The number of likely N-dealkylation sites (N-methyl/N-ethyl adjacent to an activating group) is 1. The molecule has 154 valence electrons. The molecule has 1 aliphatic rings. The van der Waals surface area contributed by atoms with E-state index in [1.54, 1.807) is 0 Å². The second-order valence-electron chi connectivity index (χ2n) is 7.13. The molecular weight excluding hydrogens is 386 g/mol. The average Bonchev–Trinajstić information content (AvgIpc) is 2.95. The van der Waals surface area contributed by atoms with Gasteiger partial charge < -0.3 is 9.64 Å². The second kappa shape index (κ2) is 9.31. The quantitative estimate of drug-likeness (QED) is 0.655. The third kappa shape index (κ3) is 4.90. The zero-order valence-corrected chi connectivity index (χ0v) is 18.2. The van der Waals surface area contributed by atoms with E-state index in [1.165, 1.54) is 11.9 Å². The van der Waals surface area contributed by atoms with E-state index in [0.717, 1.165) is 53.1 Å². The van der Waals surface area contributed by atoms with Crippen LogP contribution in [0.2, 0.25) is 0 Å². The zero-order chi connectivity index (χ0) is 21.0. The monoisotopic (exact) mass is 413 g/mol. The maximum absolute atomic E-state index is 12.1. The van der Waals surface area contributed by atoms with Gasteiger partial charge in [0.05, 0.1) is 11.8 Å². The summed E-state index contributed by atoms with van der Waals surface area (Å²) in [5.41, 5.74) is 3.27. The van der Waals surface area contributed by atoms with Crippen LogP contribution in [0.15, 0.2) is 36.5 Å². The van der Waals surface area contributed by atoms with Crippen molar-refractivity contribution in [1.29, 1.82) is 0 Å². The molecule has 0 N–H and O–H groups in total. The highest BCUT2D eigenvalue weighted by Crippen LogP contribution is 2.30. The first-order chi connectivity index (χ1) is 13.9. The predicted octanol–water partition coefficient (Wildman–Crippen LogP) is 3.84. The number of thioether (sulfide) groups is 1. The molecule has 7 heteroatoms. The number of pyridine rings is 1. The fraction of sp³-hybridized carbons (Fsp3) is 0.409. The van der Waals surface area contributed by atoms with Gasteiger partial charge in [-0.15, -0.1) is 0 Å². The molecule has 2 aromatic rings. The number of aryl methyl sites for hydroxylation is 2. The number of anilines is 1. The minimum absolute atomic E-state index is 0.121. The van der Waals surface area contributed by atoms with Gasteiger partial charge in [-0.2, -0.15) is 0 Å². The summed E-state index contributed by atoms with van der Waals surface area (Å²) >= 11 is 1.10. The minimum Gasteiger partial charge on any atom is -0.492 e. The van der Waals surface area contributed by atoms with Gasteiger partial charge >= 0.3 is 0 Å². The van der Waals surface area contributed by atoms with Crippen LogP contribution in [0.25, 0.3) is 0 Å². The molecule has 2 heterocycles. The molecule has 1 saturated heterocycles. The molecule has 0 saturated carbocycles. The van der Waals surface area contributed by atoms with Gasteiger partial charge in [0.1, 0.15) is 18.2 Å². The van der Waals surface area contributed by atoms with E-state index in [9.17, 15) is 9.59 Å². The molecule has 29 heavy (non-hydrogen) atoms. The Kier molecular flexibility index (Phi) is 6.79. The zero-order valence-electron chi connectivity index (χ0n) is 17.3. The predicted molar refractivity (Wildman–Crippen MR) is 117 cm³/mol. The van der Waals surface area contributed by atoms with Crippen molar-refractivity contribution in [3.05, 3.63) is 53.2 Å². The lowest BCUT2D eigenvalue weighted by atomic mass is 10.0. The molecule has 6 nitrogen and oxygen atoms in total. The fourth-order valence-electron chi connectivity index (χ4n) is 3.37. The largest absolute Gasteiger partial charge is 0.492 e. The third-order valence-corrected chi connectivity index (χ3v) is 6.26. The van der Waals surface area contributed by atoms with Gasteiger partial charge in [-0.1, -0.05) is 23.9 Å². The summed E-state index contributed by atoms with van der Waals surface area (Å²) in [7, 11) is 1.54. The molecule has 0 aliphatic carbocycles. The van der Waals surface area contributed by atoms with Gasteiger partial charge in [-0.25, -0.2) is 4.98 Å². The summed E-state index contributed by atoms with van der Waals surface area (Å²) < 4.78 is 5.96. The summed E-state index contributed by atoms with van der Waals surface area (Å²) in [4.78, 5) is 31.7. The Morgan fingerprint density at radius 3 is 2.62 bits per heavy atom. The number of benzene rings is 1. The van der Waals surface area contributed by atoms with Crippen LogP contribution in [0.1, 0.15) is 23.6 Å². The van der Waals surface area contributed by atoms with E-state index in [2.05, 4.69) is 29.8 Å². The molecule has 1 aromatic heterocycles. The van der Waals surface area contributed by atoms with Crippen molar-refractivity contribution in [3.63, 3.8) is 0 Å². The first-order valence-corrected chi connectivity index (χ1v) is 10.7. The van der Waals surface area contributed by atoms with Crippen molar-refractivity contribution >= 4 is 28.7 Å². The number of rotatable bonds is 8. The van der Waals surface area contributed by atoms with Crippen LogP contribution in [0.4, 0.5) is 10.6 Å². The number of hydrogen-bond donors (Lipinski definition) is 0. The SMILES string of the molecule is CCN(CCOc1ccc(CC2SC(=O)N(C)C2=O)c(C)c1)c1ncccc1C. The van der Waals surface area contributed by atoms with Crippen LogP contribution in [0.3, 0.4) is 0 Å². The van der Waals surface area contributed by atoms with Gasteiger partial charge in [-0.3, -0.25) is 14.5 Å². The lowest BCUT2D eigenvalue weighted by molar-refractivity contribution is -0.125. The Morgan fingerprint density at radius 2 is 2.00 bits per heavy atom. The van der Waals surface area contributed by atoms with E-state index in [1.807, 2.05) is 37.4 Å². The van der Waals surface area contributed by atoms with Crippen molar-refractivity contribution in [2.45, 2.75) is 32.4 Å². The normalized spacial score (nSPS) is 16.4. The molecule has 1 fully saturated rings. The minimum atomic E-state index is -0.335. The highest BCUT2D eigenvalue weighted by molar-refractivity contribution is 8.15. The summed E-state index contributed by atoms with van der Waals surface area (Å²) in [6.45, 7) is 8.34. The topological polar surface area (TPSA) is 62.7 Å². The second-order valence-corrected chi connectivity index (χ2v) is 8.29. The lowest BCUT2D eigenvalue weighted by Gasteiger charge is -2.23. The van der Waals surface area contributed by atoms with Gasteiger partial charge in [-0.05, 0) is 62.1 Å². The van der Waals surface area contributed by atoms with Gasteiger partial charge in [0, 0.05) is 19.8 Å². The van der Waals surface area contributed by atoms with Gasteiger partial charge in [0.15, 0.2) is 0 Å². The van der Waals surface area contributed by atoms with Gasteiger partial charge in [0.25, 0.3) is 5.24 Å². The molecule has 2 amide bonds. The van der Waals surface area contributed by atoms with Crippen LogP contribution in [0, 0.1) is 13.8 Å². The standard InChI is InChI=1S/C22H27N3O3S/c1-5-25(20-15(2)7-6-10-23-20)11-12-28-18-9-8-17(16(3)13-18)14-19-21(26)24(4)22(27)29-19/h6-10,13,19H,5,11-12,14H2,1-4H3. The van der Waals surface area contributed by atoms with Crippen molar-refractivity contribution in [3.8, 4) is 5.75 Å². The van der Waals surface area contributed by atoms with E-state index in [0.29, 0.717) is 13.0 Å². The molecular formula is C22H27N3O3S. The summed E-state index contributed by atoms with van der Waals surface area (Å²) in [6, 6.07) is 9.92. The van der Waals surface area contributed by atoms with Crippen LogP contribution >= 0.6 is 11.8 Å². The first kappa shape index (κ1) is 21.2. The Hall–Kier alpha value is -2.54. The molecule has 1 aliphatic heterocycles. The fourth-order valence-corrected chi connectivity index (χ4v) is 4.38. The smallest absolute Gasteiger partial charge is 0.288 e. The molecule has 0 bridgehead atoms. The highest BCUT2D eigenvalue weighted by Gasteiger charge is 2.37. The van der Waals surface area contributed by atoms with Crippen molar-refractivity contribution < 1.29 is 14.3 Å². The van der Waals surface area contributed by atoms with E-state index in [4.69, 9.17) is 4.74 Å². The van der Waals surface area contributed by atoms with E-state index >= 15 is 0 Å². The Labute approximate surface area is 176 Å². The van der Waals surface area contributed by atoms with Crippen molar-refractivity contribution in [1.82, 2.24) is 9.88 Å². The van der Waals surface area contributed by atoms with Crippen molar-refractivity contribution in [2.75, 3.05) is 31.6 Å². The number of carbonyl (C=O) groups excluding carboxylic acids is 2. The lowest BCUT2D eigenvalue weighted by Crippen LogP contribution is -2.29. The third-order valence-electron chi connectivity index (χ3n) is 5.14. The number of imide groups is 1. The van der Waals surface area contributed by atoms with Crippen LogP contribution in [-0.4, -0.2) is 53.0 Å². The number of aromatic nitrogens is 1. The van der Waals surface area contributed by atoms with Crippen LogP contribution in [0.5, 0.6) is 5.75 Å². The Morgan fingerprint density at radius 1 is 1.21 bits per heavy atom. The number of amides is 2. The Bertz CT molecular complexity index is 903. The molecule has 0 radical (unpaired) electrons. The maximum Gasteiger partial charge on any atom is 0.288 e. The molecule has 1 aromatic carbocycles. The highest BCUT2D eigenvalue weighted by atomic mass is 32.2. The molecule has 1 atom stereocenters. The Balaban J connectivity index is 1.57. The molecule has 1 unspecified atom stereocenters. The van der Waals surface area contributed by atoms with Crippen molar-refractivity contribution in [2.24, 2.45) is 0 Å². The summed E-state index contributed by atoms with van der Waals surface area (Å²) in [5.74, 6) is 1.67. The number of carbonyl (C=O) groups is 2. The summed E-state index contributed by atoms with van der Waals surface area (Å²) in [6.07, 6.45) is 2.36. The van der Waals surface area contributed by atoms with E-state index < -0.39 is 0 Å². The van der Waals surface area contributed by atoms with Gasteiger partial charge in [0.2, 0.25) is 5.91 Å². The molecule has 0 spiro atoms. The van der Waals surface area contributed by atoms with Crippen LogP contribution in [-0.2, 0) is 11.2 Å². The van der Waals surface area contributed by atoms with E-state index in [-0.39, 0.29) is 16.4 Å². The number of ether oxygens (including phenoxy) is 1.